The number of carbonyl (C=O) groups is 1. The summed E-state index contributed by atoms with van der Waals surface area (Å²) in [5, 5.41) is 10.0. The molecule has 2 nitrogen and oxygen atoms in total. The van der Waals surface area contributed by atoms with Crippen molar-refractivity contribution in [2.45, 2.75) is 50.5 Å². The molecule has 2 aliphatic rings. The highest BCUT2D eigenvalue weighted by Crippen LogP contribution is 2.38. The minimum atomic E-state index is -0.917. The molecule has 0 aromatic carbocycles. The zero-order valence-corrected chi connectivity index (χ0v) is 7.38. The van der Waals surface area contributed by atoms with Gasteiger partial charge in [0.1, 0.15) is 5.60 Å². The largest absolute Gasteiger partial charge is 0.382 e. The average molecular weight is 168 g/mol. The predicted molar refractivity (Wildman–Crippen MR) is 45.8 cm³/mol. The maximum absolute atomic E-state index is 11.4. The van der Waals surface area contributed by atoms with Crippen molar-refractivity contribution in [2.75, 3.05) is 0 Å². The van der Waals surface area contributed by atoms with Crippen molar-refractivity contribution in [3.8, 4) is 0 Å². The normalized spacial score (nSPS) is 42.4. The summed E-state index contributed by atoms with van der Waals surface area (Å²) in [5.74, 6) is 0.718. The molecule has 0 spiro atoms. The van der Waals surface area contributed by atoms with E-state index in [0.29, 0.717) is 18.8 Å². The van der Waals surface area contributed by atoms with Crippen molar-refractivity contribution >= 4 is 5.78 Å². The number of ketones is 1. The number of hydrogen-bond donors (Lipinski definition) is 1. The molecule has 0 aromatic heterocycles. The van der Waals surface area contributed by atoms with Crippen LogP contribution in [0.1, 0.15) is 44.9 Å². The first kappa shape index (κ1) is 8.24. The SMILES string of the molecule is O=C1CCC2CCCCC1(O)C2. The Balaban J connectivity index is 2.18. The van der Waals surface area contributed by atoms with E-state index in [9.17, 15) is 9.90 Å². The van der Waals surface area contributed by atoms with E-state index < -0.39 is 5.60 Å². The van der Waals surface area contributed by atoms with E-state index in [0.717, 1.165) is 19.3 Å². The second-order valence-corrected chi connectivity index (χ2v) is 4.31. The van der Waals surface area contributed by atoms with Crippen LogP contribution in [-0.2, 0) is 4.79 Å². The minimum absolute atomic E-state index is 0.0978. The van der Waals surface area contributed by atoms with Crippen LogP contribution in [0.5, 0.6) is 0 Å². The van der Waals surface area contributed by atoms with Crippen LogP contribution in [0.25, 0.3) is 0 Å². The number of carbonyl (C=O) groups excluding carboxylic acids is 1. The molecule has 0 aromatic rings. The number of rotatable bonds is 0. The van der Waals surface area contributed by atoms with E-state index >= 15 is 0 Å². The maximum Gasteiger partial charge on any atom is 0.164 e. The van der Waals surface area contributed by atoms with Crippen molar-refractivity contribution < 1.29 is 9.90 Å². The Labute approximate surface area is 73.0 Å². The summed E-state index contributed by atoms with van der Waals surface area (Å²) in [5.41, 5.74) is -0.917. The third kappa shape index (κ3) is 1.28. The lowest BCUT2D eigenvalue weighted by Crippen LogP contribution is -2.42. The Morgan fingerprint density at radius 1 is 1.33 bits per heavy atom. The monoisotopic (exact) mass is 168 g/mol. The summed E-state index contributed by atoms with van der Waals surface area (Å²) in [4.78, 5) is 11.4. The number of Topliss-reactive ketones (excluding diaryl/α,β-unsaturated/α-hetero) is 1. The summed E-state index contributed by atoms with van der Waals surface area (Å²) >= 11 is 0. The fraction of sp³-hybridized carbons (Fsp3) is 0.900. The number of aliphatic hydroxyl groups is 1. The van der Waals surface area contributed by atoms with Gasteiger partial charge in [-0.1, -0.05) is 19.3 Å². The Morgan fingerprint density at radius 2 is 2.17 bits per heavy atom. The minimum Gasteiger partial charge on any atom is -0.382 e. The van der Waals surface area contributed by atoms with Crippen LogP contribution in [0.2, 0.25) is 0 Å². The molecule has 68 valence electrons. The molecular weight excluding hydrogens is 152 g/mol. The number of hydrogen-bond acceptors (Lipinski definition) is 2. The number of fused-ring (bicyclic) bond motifs is 2. The zero-order valence-electron chi connectivity index (χ0n) is 7.38. The molecule has 1 N–H and O–H groups in total. The molecule has 0 amide bonds. The summed E-state index contributed by atoms with van der Waals surface area (Å²) in [6, 6.07) is 0. The van der Waals surface area contributed by atoms with E-state index in [1.807, 2.05) is 0 Å². The van der Waals surface area contributed by atoms with E-state index in [4.69, 9.17) is 0 Å². The van der Waals surface area contributed by atoms with E-state index in [2.05, 4.69) is 0 Å². The molecule has 2 rings (SSSR count). The molecule has 0 radical (unpaired) electrons. The molecule has 2 fully saturated rings. The van der Waals surface area contributed by atoms with Crippen LogP contribution < -0.4 is 0 Å². The molecule has 2 bridgehead atoms. The first-order valence-electron chi connectivity index (χ1n) is 4.96. The Bertz CT molecular complexity index is 200. The molecule has 2 saturated carbocycles. The molecule has 0 aliphatic heterocycles. The van der Waals surface area contributed by atoms with E-state index in [-0.39, 0.29) is 5.78 Å². The van der Waals surface area contributed by atoms with Crippen molar-refractivity contribution in [3.05, 3.63) is 0 Å². The lowest BCUT2D eigenvalue weighted by Gasteiger charge is -2.32. The van der Waals surface area contributed by atoms with Gasteiger partial charge in [-0.15, -0.1) is 0 Å². The maximum atomic E-state index is 11.4. The fourth-order valence-electron chi connectivity index (χ4n) is 2.60. The van der Waals surface area contributed by atoms with E-state index in [1.165, 1.54) is 12.8 Å². The Hall–Kier alpha value is -0.370. The van der Waals surface area contributed by atoms with Crippen molar-refractivity contribution in [2.24, 2.45) is 5.92 Å². The molecule has 2 atom stereocenters. The second kappa shape index (κ2) is 2.84. The van der Waals surface area contributed by atoms with Gasteiger partial charge >= 0.3 is 0 Å². The first-order valence-corrected chi connectivity index (χ1v) is 4.96. The summed E-state index contributed by atoms with van der Waals surface area (Å²) in [6.45, 7) is 0. The second-order valence-electron chi connectivity index (χ2n) is 4.31. The fourth-order valence-corrected chi connectivity index (χ4v) is 2.60. The van der Waals surface area contributed by atoms with Crippen LogP contribution in [-0.4, -0.2) is 16.5 Å². The highest BCUT2D eigenvalue weighted by molar-refractivity contribution is 5.87. The van der Waals surface area contributed by atoms with Crippen molar-refractivity contribution in [1.29, 1.82) is 0 Å². The van der Waals surface area contributed by atoms with Gasteiger partial charge in [-0.05, 0) is 25.2 Å². The summed E-state index contributed by atoms with van der Waals surface area (Å²) in [6.07, 6.45) is 6.52. The first-order chi connectivity index (χ1) is 5.71. The topological polar surface area (TPSA) is 37.3 Å². The van der Waals surface area contributed by atoms with Gasteiger partial charge in [0.05, 0.1) is 0 Å². The van der Waals surface area contributed by atoms with Gasteiger partial charge < -0.3 is 5.11 Å². The van der Waals surface area contributed by atoms with Gasteiger partial charge in [0.25, 0.3) is 0 Å². The lowest BCUT2D eigenvalue weighted by molar-refractivity contribution is -0.143. The van der Waals surface area contributed by atoms with Gasteiger partial charge in [0.2, 0.25) is 0 Å². The summed E-state index contributed by atoms with van der Waals surface area (Å²) in [7, 11) is 0. The molecule has 0 saturated heterocycles. The molecule has 12 heavy (non-hydrogen) atoms. The standard InChI is InChI=1S/C10H16O2/c11-9-5-4-8-3-1-2-6-10(9,12)7-8/h8,12H,1-7H2. The molecule has 2 heteroatoms. The van der Waals surface area contributed by atoms with Crippen LogP contribution in [0.3, 0.4) is 0 Å². The Kier molecular flexibility index (Phi) is 1.95. The highest BCUT2D eigenvalue weighted by Gasteiger charge is 2.42. The van der Waals surface area contributed by atoms with Crippen LogP contribution in [0, 0.1) is 5.92 Å². The van der Waals surface area contributed by atoms with Crippen LogP contribution in [0.15, 0.2) is 0 Å². The van der Waals surface area contributed by atoms with E-state index in [1.54, 1.807) is 0 Å². The van der Waals surface area contributed by atoms with Gasteiger partial charge in [-0.2, -0.15) is 0 Å². The lowest BCUT2D eigenvalue weighted by atomic mass is 9.76. The predicted octanol–water partition coefficient (Wildman–Crippen LogP) is 1.66. The highest BCUT2D eigenvalue weighted by atomic mass is 16.3. The smallest absolute Gasteiger partial charge is 0.164 e. The third-order valence-electron chi connectivity index (χ3n) is 3.38. The van der Waals surface area contributed by atoms with Crippen molar-refractivity contribution in [3.63, 3.8) is 0 Å². The molecule has 2 unspecified atom stereocenters. The Morgan fingerprint density at radius 3 is 3.00 bits per heavy atom. The van der Waals surface area contributed by atoms with Crippen LogP contribution >= 0.6 is 0 Å². The molecular formula is C10H16O2. The van der Waals surface area contributed by atoms with Gasteiger partial charge in [-0.25, -0.2) is 0 Å². The third-order valence-corrected chi connectivity index (χ3v) is 3.38. The van der Waals surface area contributed by atoms with Gasteiger partial charge in [-0.3, -0.25) is 4.79 Å². The quantitative estimate of drug-likeness (QED) is 0.597. The zero-order chi connectivity index (χ0) is 8.60. The molecule has 2 aliphatic carbocycles. The van der Waals surface area contributed by atoms with Gasteiger partial charge in [0.15, 0.2) is 5.78 Å². The molecule has 0 heterocycles. The van der Waals surface area contributed by atoms with Gasteiger partial charge in [0, 0.05) is 6.42 Å². The summed E-state index contributed by atoms with van der Waals surface area (Å²) < 4.78 is 0. The average Bonchev–Trinajstić information content (AvgIpc) is 2.20. The van der Waals surface area contributed by atoms with Crippen LogP contribution in [0.4, 0.5) is 0 Å². The van der Waals surface area contributed by atoms with Crippen molar-refractivity contribution in [1.82, 2.24) is 0 Å².